The second-order valence-electron chi connectivity index (χ2n) is 4.38. The maximum atomic E-state index is 6.29. The molecule has 2 aromatic rings. The van der Waals surface area contributed by atoms with E-state index in [1.807, 2.05) is 36.0 Å². The number of hydrogen-bond acceptors (Lipinski definition) is 2. The van der Waals surface area contributed by atoms with Gasteiger partial charge in [0.1, 0.15) is 0 Å². The Kier molecular flexibility index (Phi) is 4.86. The minimum atomic E-state index is 0.674. The number of nitrogens with zero attached hydrogens (tertiary/aromatic N) is 2. The number of rotatable bonds is 5. The number of nitrogens with one attached hydrogen (secondary N) is 1. The van der Waals surface area contributed by atoms with Crippen molar-refractivity contribution in [3.8, 4) is 0 Å². The fourth-order valence-electron chi connectivity index (χ4n) is 1.97. The molecule has 0 saturated carbocycles. The summed E-state index contributed by atoms with van der Waals surface area (Å²) >= 11 is 12.4. The summed E-state index contributed by atoms with van der Waals surface area (Å²) in [5.41, 5.74) is 3.03. The van der Waals surface area contributed by atoms with Gasteiger partial charge in [-0.1, -0.05) is 48.3 Å². The Labute approximate surface area is 123 Å². The van der Waals surface area contributed by atoms with E-state index in [0.29, 0.717) is 13.1 Å². The molecule has 3 nitrogen and oxygen atoms in total. The second kappa shape index (κ2) is 6.42. The Bertz CT molecular complexity index is 564. The van der Waals surface area contributed by atoms with Crippen molar-refractivity contribution in [2.24, 2.45) is 7.05 Å². The number of benzene rings is 1. The predicted molar refractivity (Wildman–Crippen MR) is 79.6 cm³/mol. The van der Waals surface area contributed by atoms with Gasteiger partial charge in [0.2, 0.25) is 0 Å². The van der Waals surface area contributed by atoms with Crippen LogP contribution in [0.15, 0.2) is 24.3 Å². The third-order valence-electron chi connectivity index (χ3n) is 3.07. The van der Waals surface area contributed by atoms with Crippen LogP contribution in [-0.4, -0.2) is 9.78 Å². The standard InChI is InChI=1S/C14H17Cl2N3/c1-3-12-14(16)13(19(2)18-12)9-17-8-10-6-4-5-7-11(10)15/h4-7,17H,3,8-9H2,1-2H3. The summed E-state index contributed by atoms with van der Waals surface area (Å²) in [5.74, 6) is 0. The molecule has 5 heteroatoms. The normalized spacial score (nSPS) is 10.9. The molecule has 0 fully saturated rings. The summed E-state index contributed by atoms with van der Waals surface area (Å²) in [5, 5.41) is 9.28. The first-order chi connectivity index (χ1) is 9.13. The molecule has 0 aliphatic carbocycles. The Morgan fingerprint density at radius 1 is 1.21 bits per heavy atom. The lowest BCUT2D eigenvalue weighted by Gasteiger charge is -2.07. The highest BCUT2D eigenvalue weighted by atomic mass is 35.5. The van der Waals surface area contributed by atoms with Crippen LogP contribution in [0.3, 0.4) is 0 Å². The molecular formula is C14H17Cl2N3. The molecule has 1 N–H and O–H groups in total. The average Bonchev–Trinajstić information content (AvgIpc) is 2.68. The van der Waals surface area contributed by atoms with Crippen molar-refractivity contribution in [3.05, 3.63) is 51.3 Å². The summed E-state index contributed by atoms with van der Waals surface area (Å²) in [7, 11) is 1.91. The molecule has 0 spiro atoms. The van der Waals surface area contributed by atoms with E-state index in [-0.39, 0.29) is 0 Å². The van der Waals surface area contributed by atoms with E-state index in [1.165, 1.54) is 0 Å². The summed E-state index contributed by atoms with van der Waals surface area (Å²) in [6, 6.07) is 7.81. The van der Waals surface area contributed by atoms with Crippen LogP contribution in [-0.2, 0) is 26.6 Å². The number of halogens is 2. The summed E-state index contributed by atoms with van der Waals surface area (Å²) < 4.78 is 1.83. The van der Waals surface area contributed by atoms with Gasteiger partial charge in [0, 0.05) is 25.2 Å². The minimum absolute atomic E-state index is 0.674. The fourth-order valence-corrected chi connectivity index (χ4v) is 2.53. The third kappa shape index (κ3) is 3.30. The SMILES string of the molecule is CCc1nn(C)c(CNCc2ccccc2Cl)c1Cl. The van der Waals surface area contributed by atoms with Gasteiger partial charge in [-0.25, -0.2) is 0 Å². The van der Waals surface area contributed by atoms with Gasteiger partial charge in [0.15, 0.2) is 0 Å². The van der Waals surface area contributed by atoms with Crippen molar-refractivity contribution < 1.29 is 0 Å². The largest absolute Gasteiger partial charge is 0.307 e. The summed E-state index contributed by atoms with van der Waals surface area (Å²) in [6.07, 6.45) is 0.844. The number of aromatic nitrogens is 2. The first-order valence-corrected chi connectivity index (χ1v) is 7.03. The quantitative estimate of drug-likeness (QED) is 0.914. The molecule has 19 heavy (non-hydrogen) atoms. The van der Waals surface area contributed by atoms with Crippen LogP contribution in [0, 0.1) is 0 Å². The van der Waals surface area contributed by atoms with Crippen molar-refractivity contribution in [1.82, 2.24) is 15.1 Å². The molecule has 0 atom stereocenters. The van der Waals surface area contributed by atoms with Gasteiger partial charge in [-0.3, -0.25) is 4.68 Å². The van der Waals surface area contributed by atoms with Gasteiger partial charge >= 0.3 is 0 Å². The molecule has 0 bridgehead atoms. The predicted octanol–water partition coefficient (Wildman–Crippen LogP) is 3.58. The van der Waals surface area contributed by atoms with E-state index >= 15 is 0 Å². The second-order valence-corrected chi connectivity index (χ2v) is 5.16. The molecule has 102 valence electrons. The van der Waals surface area contributed by atoms with Crippen molar-refractivity contribution in [1.29, 1.82) is 0 Å². The molecule has 1 heterocycles. The van der Waals surface area contributed by atoms with E-state index in [4.69, 9.17) is 23.2 Å². The Balaban J connectivity index is 2.00. The van der Waals surface area contributed by atoms with Crippen molar-refractivity contribution >= 4 is 23.2 Å². The summed E-state index contributed by atoms with van der Waals surface area (Å²) in [4.78, 5) is 0. The van der Waals surface area contributed by atoms with Gasteiger partial charge in [-0.2, -0.15) is 5.10 Å². The molecular weight excluding hydrogens is 281 g/mol. The van der Waals surface area contributed by atoms with Crippen LogP contribution >= 0.6 is 23.2 Å². The lowest BCUT2D eigenvalue weighted by molar-refractivity contribution is 0.623. The lowest BCUT2D eigenvalue weighted by atomic mass is 10.2. The van der Waals surface area contributed by atoms with Gasteiger partial charge < -0.3 is 5.32 Å². The summed E-state index contributed by atoms with van der Waals surface area (Å²) in [6.45, 7) is 3.44. The highest BCUT2D eigenvalue weighted by molar-refractivity contribution is 6.32. The first-order valence-electron chi connectivity index (χ1n) is 6.27. The van der Waals surface area contributed by atoms with Crippen LogP contribution < -0.4 is 5.32 Å². The van der Waals surface area contributed by atoms with Crippen LogP contribution in [0.1, 0.15) is 23.9 Å². The maximum Gasteiger partial charge on any atom is 0.0863 e. The van der Waals surface area contributed by atoms with Crippen LogP contribution in [0.2, 0.25) is 10.0 Å². The topological polar surface area (TPSA) is 29.9 Å². The number of aryl methyl sites for hydroxylation is 2. The molecule has 1 aromatic carbocycles. The van der Waals surface area contributed by atoms with E-state index in [1.54, 1.807) is 0 Å². The molecule has 0 amide bonds. The zero-order valence-electron chi connectivity index (χ0n) is 11.1. The van der Waals surface area contributed by atoms with Crippen LogP contribution in [0.5, 0.6) is 0 Å². The zero-order valence-corrected chi connectivity index (χ0v) is 12.6. The smallest absolute Gasteiger partial charge is 0.0863 e. The number of hydrogen-bond donors (Lipinski definition) is 1. The average molecular weight is 298 g/mol. The van der Waals surface area contributed by atoms with E-state index in [9.17, 15) is 0 Å². The Morgan fingerprint density at radius 2 is 1.95 bits per heavy atom. The van der Waals surface area contributed by atoms with Crippen LogP contribution in [0.4, 0.5) is 0 Å². The maximum absolute atomic E-state index is 6.29. The minimum Gasteiger partial charge on any atom is -0.307 e. The van der Waals surface area contributed by atoms with Gasteiger partial charge in [0.05, 0.1) is 16.4 Å². The van der Waals surface area contributed by atoms with E-state index in [0.717, 1.165) is 33.4 Å². The highest BCUT2D eigenvalue weighted by Crippen LogP contribution is 2.21. The Morgan fingerprint density at radius 3 is 2.58 bits per heavy atom. The Hall–Kier alpha value is -1.03. The van der Waals surface area contributed by atoms with Gasteiger partial charge in [-0.15, -0.1) is 0 Å². The van der Waals surface area contributed by atoms with Gasteiger partial charge in [-0.05, 0) is 18.1 Å². The molecule has 0 unspecified atom stereocenters. The van der Waals surface area contributed by atoms with E-state index < -0.39 is 0 Å². The molecule has 0 aliphatic rings. The zero-order chi connectivity index (χ0) is 13.8. The fraction of sp³-hybridized carbons (Fsp3) is 0.357. The molecule has 2 rings (SSSR count). The van der Waals surface area contributed by atoms with Gasteiger partial charge in [0.25, 0.3) is 0 Å². The molecule has 0 saturated heterocycles. The van der Waals surface area contributed by atoms with Crippen LogP contribution in [0.25, 0.3) is 0 Å². The molecule has 0 aliphatic heterocycles. The van der Waals surface area contributed by atoms with Crippen molar-refractivity contribution in [2.75, 3.05) is 0 Å². The third-order valence-corrected chi connectivity index (χ3v) is 3.87. The molecule has 1 aromatic heterocycles. The lowest BCUT2D eigenvalue weighted by Crippen LogP contribution is -2.15. The van der Waals surface area contributed by atoms with E-state index in [2.05, 4.69) is 17.3 Å². The monoisotopic (exact) mass is 297 g/mol. The molecule has 0 radical (unpaired) electrons. The first kappa shape index (κ1) is 14.4. The van der Waals surface area contributed by atoms with Crippen molar-refractivity contribution in [3.63, 3.8) is 0 Å². The van der Waals surface area contributed by atoms with Crippen molar-refractivity contribution in [2.45, 2.75) is 26.4 Å². The highest BCUT2D eigenvalue weighted by Gasteiger charge is 2.12.